The van der Waals surface area contributed by atoms with E-state index in [2.05, 4.69) is 10.6 Å². The number of halogens is 1. The molecular weight excluding hydrogens is 422 g/mol. The van der Waals surface area contributed by atoms with Crippen LogP contribution in [-0.2, 0) is 9.59 Å². The fourth-order valence-electron chi connectivity index (χ4n) is 3.39. The minimum Gasteiger partial charge on any atom is -0.508 e. The first-order valence-corrected chi connectivity index (χ1v) is 10.3. The molecule has 1 aliphatic rings. The summed E-state index contributed by atoms with van der Waals surface area (Å²) in [6.07, 6.45) is 0.637. The zero-order chi connectivity index (χ0) is 22.4. The number of nitrogens with zero attached hydrogens (tertiary/aromatic N) is 1. The summed E-state index contributed by atoms with van der Waals surface area (Å²) in [7, 11) is 1.51. The minimum atomic E-state index is -0.474. The van der Waals surface area contributed by atoms with Crippen molar-refractivity contribution in [3.8, 4) is 11.5 Å². The van der Waals surface area contributed by atoms with Gasteiger partial charge in [0.05, 0.1) is 18.7 Å². The third kappa shape index (κ3) is 5.67. The lowest BCUT2D eigenvalue weighted by molar-refractivity contribution is -0.126. The molecule has 3 N–H and O–H groups in total. The molecule has 1 fully saturated rings. The van der Waals surface area contributed by atoms with Crippen molar-refractivity contribution >= 4 is 35.0 Å². The molecule has 0 radical (unpaired) electrons. The number of hydrogen-bond donors (Lipinski definition) is 3. The van der Waals surface area contributed by atoms with Gasteiger partial charge in [0.15, 0.2) is 0 Å². The predicted molar refractivity (Wildman–Crippen MR) is 117 cm³/mol. The number of amides is 3. The fourth-order valence-corrected chi connectivity index (χ4v) is 3.55. The van der Waals surface area contributed by atoms with E-state index >= 15 is 0 Å². The van der Waals surface area contributed by atoms with Gasteiger partial charge in [0.25, 0.3) is 5.91 Å². The zero-order valence-electron chi connectivity index (χ0n) is 17.1. The maximum atomic E-state index is 12.5. The Balaban J connectivity index is 1.45. The maximum absolute atomic E-state index is 12.5. The topological polar surface area (TPSA) is 108 Å². The van der Waals surface area contributed by atoms with Crippen molar-refractivity contribution in [3.05, 3.63) is 53.1 Å². The first-order chi connectivity index (χ1) is 14.9. The van der Waals surface area contributed by atoms with Crippen molar-refractivity contribution in [3.63, 3.8) is 0 Å². The highest BCUT2D eigenvalue weighted by Gasteiger charge is 2.36. The molecule has 1 aliphatic heterocycles. The van der Waals surface area contributed by atoms with Gasteiger partial charge in [-0.15, -0.1) is 0 Å². The maximum Gasteiger partial charge on any atom is 0.251 e. The molecular formula is C22H24ClN3O5. The summed E-state index contributed by atoms with van der Waals surface area (Å²) in [5.41, 5.74) is 0.912. The van der Waals surface area contributed by atoms with Crippen LogP contribution in [0.1, 0.15) is 23.2 Å². The summed E-state index contributed by atoms with van der Waals surface area (Å²) in [6.45, 7) is 0.976. The highest BCUT2D eigenvalue weighted by Crippen LogP contribution is 2.35. The van der Waals surface area contributed by atoms with Crippen LogP contribution in [0.5, 0.6) is 11.5 Å². The quantitative estimate of drug-likeness (QED) is 0.540. The van der Waals surface area contributed by atoms with Gasteiger partial charge in [-0.05, 0) is 42.8 Å². The average Bonchev–Trinajstić information content (AvgIpc) is 3.14. The normalized spacial score (nSPS) is 15.6. The molecule has 2 aromatic carbocycles. The molecule has 1 heterocycles. The van der Waals surface area contributed by atoms with Gasteiger partial charge in [-0.25, -0.2) is 0 Å². The van der Waals surface area contributed by atoms with E-state index in [9.17, 15) is 19.5 Å². The molecule has 164 valence electrons. The number of phenols is 1. The molecule has 9 heteroatoms. The van der Waals surface area contributed by atoms with Crippen molar-refractivity contribution in [2.24, 2.45) is 5.92 Å². The number of methoxy groups -OCH3 is 1. The Kier molecular flexibility index (Phi) is 7.36. The van der Waals surface area contributed by atoms with E-state index in [1.807, 2.05) is 0 Å². The lowest BCUT2D eigenvalue weighted by Crippen LogP contribution is -2.35. The average molecular weight is 446 g/mol. The molecule has 1 saturated heterocycles. The first kappa shape index (κ1) is 22.4. The smallest absolute Gasteiger partial charge is 0.251 e. The zero-order valence-corrected chi connectivity index (χ0v) is 17.8. The summed E-state index contributed by atoms with van der Waals surface area (Å²) in [5, 5.41) is 15.4. The van der Waals surface area contributed by atoms with Crippen LogP contribution in [0, 0.1) is 5.92 Å². The molecule has 0 aliphatic carbocycles. The van der Waals surface area contributed by atoms with Gasteiger partial charge < -0.3 is 25.4 Å². The van der Waals surface area contributed by atoms with E-state index in [-0.39, 0.29) is 36.4 Å². The van der Waals surface area contributed by atoms with E-state index in [1.165, 1.54) is 24.1 Å². The Bertz CT molecular complexity index is 981. The van der Waals surface area contributed by atoms with Gasteiger partial charge in [-0.1, -0.05) is 17.7 Å². The molecule has 3 amide bonds. The molecule has 2 aromatic rings. The van der Waals surface area contributed by atoms with Gasteiger partial charge in [0.2, 0.25) is 11.8 Å². The molecule has 0 bridgehead atoms. The summed E-state index contributed by atoms with van der Waals surface area (Å²) in [6, 6.07) is 11.1. The number of carbonyl (C=O) groups excluding carboxylic acids is 3. The second-order valence-electron chi connectivity index (χ2n) is 7.17. The van der Waals surface area contributed by atoms with Crippen LogP contribution in [0.4, 0.5) is 5.69 Å². The van der Waals surface area contributed by atoms with E-state index in [1.54, 1.807) is 30.3 Å². The number of benzene rings is 2. The lowest BCUT2D eigenvalue weighted by Gasteiger charge is -2.19. The van der Waals surface area contributed by atoms with Crippen LogP contribution in [-0.4, -0.2) is 49.6 Å². The number of rotatable bonds is 8. The monoisotopic (exact) mass is 445 g/mol. The summed E-state index contributed by atoms with van der Waals surface area (Å²) < 4.78 is 5.30. The van der Waals surface area contributed by atoms with Gasteiger partial charge >= 0.3 is 0 Å². The van der Waals surface area contributed by atoms with Crippen molar-refractivity contribution in [1.29, 1.82) is 0 Å². The molecule has 8 nitrogen and oxygen atoms in total. The molecule has 31 heavy (non-hydrogen) atoms. The number of anilines is 1. The molecule has 0 aromatic heterocycles. The van der Waals surface area contributed by atoms with Gasteiger partial charge in [-0.2, -0.15) is 0 Å². The standard InChI is InChI=1S/C22H24ClN3O5/c1-31-19-7-6-16(23)12-18(19)26-13-15(11-20(26)28)22(30)25-9-3-8-24-21(29)14-4-2-5-17(27)10-14/h2,4-7,10,12,15,27H,3,8-9,11,13H2,1H3,(H,24,29)(H,25,30). The van der Waals surface area contributed by atoms with Crippen LogP contribution in [0.15, 0.2) is 42.5 Å². The predicted octanol–water partition coefficient (Wildman–Crippen LogP) is 2.34. The Morgan fingerprint density at radius 1 is 1.19 bits per heavy atom. The van der Waals surface area contributed by atoms with E-state index in [0.717, 1.165) is 0 Å². The van der Waals surface area contributed by atoms with Crippen molar-refractivity contribution in [1.82, 2.24) is 10.6 Å². The van der Waals surface area contributed by atoms with E-state index < -0.39 is 5.92 Å². The Labute approximate surface area is 185 Å². The lowest BCUT2D eigenvalue weighted by atomic mass is 10.1. The number of hydrogen-bond acceptors (Lipinski definition) is 5. The van der Waals surface area contributed by atoms with Crippen LogP contribution in [0.25, 0.3) is 0 Å². The second-order valence-corrected chi connectivity index (χ2v) is 7.61. The molecule has 1 atom stereocenters. The second kappa shape index (κ2) is 10.2. The van der Waals surface area contributed by atoms with Crippen molar-refractivity contribution < 1.29 is 24.2 Å². The van der Waals surface area contributed by atoms with Gasteiger partial charge in [0, 0.05) is 36.6 Å². The first-order valence-electron chi connectivity index (χ1n) is 9.88. The highest BCUT2D eigenvalue weighted by molar-refractivity contribution is 6.31. The third-order valence-corrected chi connectivity index (χ3v) is 5.21. The van der Waals surface area contributed by atoms with Crippen LogP contribution >= 0.6 is 11.6 Å². The van der Waals surface area contributed by atoms with Crippen LogP contribution in [0.3, 0.4) is 0 Å². The summed E-state index contributed by atoms with van der Waals surface area (Å²) >= 11 is 6.05. The number of nitrogens with one attached hydrogen (secondary N) is 2. The molecule has 1 unspecified atom stereocenters. The van der Waals surface area contributed by atoms with Crippen LogP contribution in [0.2, 0.25) is 5.02 Å². The number of aromatic hydroxyl groups is 1. The third-order valence-electron chi connectivity index (χ3n) is 4.97. The van der Waals surface area contributed by atoms with Crippen LogP contribution < -0.4 is 20.3 Å². The largest absolute Gasteiger partial charge is 0.508 e. The SMILES string of the molecule is COc1ccc(Cl)cc1N1CC(C(=O)NCCCNC(=O)c2cccc(O)c2)CC1=O. The van der Waals surface area contributed by atoms with Gasteiger partial charge in [0.1, 0.15) is 11.5 Å². The molecule has 0 spiro atoms. The number of carbonyl (C=O) groups is 3. The van der Waals surface area contributed by atoms with E-state index in [4.69, 9.17) is 16.3 Å². The summed E-state index contributed by atoms with van der Waals surface area (Å²) in [5.74, 6) is -0.611. The summed E-state index contributed by atoms with van der Waals surface area (Å²) in [4.78, 5) is 38.5. The molecule has 3 rings (SSSR count). The fraction of sp³-hybridized carbons (Fsp3) is 0.318. The van der Waals surface area contributed by atoms with Gasteiger partial charge in [-0.3, -0.25) is 14.4 Å². The Morgan fingerprint density at radius 2 is 1.97 bits per heavy atom. The van der Waals surface area contributed by atoms with Crippen molar-refractivity contribution in [2.45, 2.75) is 12.8 Å². The number of ether oxygens (including phenoxy) is 1. The highest BCUT2D eigenvalue weighted by atomic mass is 35.5. The Hall–Kier alpha value is -3.26. The van der Waals surface area contributed by atoms with Crippen molar-refractivity contribution in [2.75, 3.05) is 31.6 Å². The minimum absolute atomic E-state index is 0.0236. The van der Waals surface area contributed by atoms with E-state index in [0.29, 0.717) is 41.5 Å². The Morgan fingerprint density at radius 3 is 2.71 bits per heavy atom. The number of phenolic OH excluding ortho intramolecular Hbond substituents is 1. The molecule has 0 saturated carbocycles.